The van der Waals surface area contributed by atoms with E-state index >= 15 is 0 Å². The summed E-state index contributed by atoms with van der Waals surface area (Å²) in [7, 11) is 2.81. The lowest BCUT2D eigenvalue weighted by molar-refractivity contribution is -0.308. The van der Waals surface area contributed by atoms with Crippen molar-refractivity contribution in [2.45, 2.75) is 56.9 Å². The molecule has 5 atom stereocenters. The summed E-state index contributed by atoms with van der Waals surface area (Å²) in [6.45, 7) is 3.72. The smallest absolute Gasteiger partial charge is 0.376 e. The Morgan fingerprint density at radius 3 is 2.12 bits per heavy atom. The fourth-order valence-electron chi connectivity index (χ4n) is 4.49. The molecule has 0 saturated carbocycles. The molecule has 228 valence electrons. The van der Waals surface area contributed by atoms with Crippen LogP contribution in [0.15, 0.2) is 60.0 Å². The summed E-state index contributed by atoms with van der Waals surface area (Å²) in [6, 6.07) is 9.33. The molecule has 1 fully saturated rings. The van der Waals surface area contributed by atoms with Gasteiger partial charge in [0.1, 0.15) is 18.5 Å². The number of methoxy groups -OCH3 is 2. The van der Waals surface area contributed by atoms with E-state index in [1.165, 1.54) is 61.6 Å². The maximum Gasteiger partial charge on any atom is 0.437 e. The number of nitrogens with zero attached hydrogens (tertiary/aromatic N) is 4. The van der Waals surface area contributed by atoms with Gasteiger partial charge in [0, 0.05) is 32.0 Å². The molecule has 42 heavy (non-hydrogen) atoms. The zero-order valence-electron chi connectivity index (χ0n) is 22.9. The molecule has 15 heteroatoms. The van der Waals surface area contributed by atoms with Gasteiger partial charge in [-0.15, -0.1) is 5.10 Å². The molecule has 0 bridgehead atoms. The van der Waals surface area contributed by atoms with Crippen LogP contribution in [0.5, 0.6) is 0 Å². The van der Waals surface area contributed by atoms with Crippen LogP contribution in [0.1, 0.15) is 25.0 Å². The summed E-state index contributed by atoms with van der Waals surface area (Å²) < 4.78 is 104. The van der Waals surface area contributed by atoms with Crippen LogP contribution in [0, 0.1) is 0 Å². The Bertz CT molecular complexity index is 1340. The Kier molecular flexibility index (Phi) is 9.55. The van der Waals surface area contributed by atoms with Crippen LogP contribution < -0.4 is 0 Å². The first-order chi connectivity index (χ1) is 19.9. The fraction of sp³-hybridized carbons (Fsp3) is 0.444. The average molecular weight is 603 g/mol. The molecule has 1 saturated heterocycles. The highest BCUT2D eigenvalue weighted by Crippen LogP contribution is 2.31. The van der Waals surface area contributed by atoms with Gasteiger partial charge in [0.2, 0.25) is 0 Å². The summed E-state index contributed by atoms with van der Waals surface area (Å²) >= 11 is 0. The highest BCUT2D eigenvalue weighted by molar-refractivity contribution is 6.04. The first kappa shape index (κ1) is 31.4. The van der Waals surface area contributed by atoms with Crippen LogP contribution >= 0.6 is 0 Å². The Labute approximate surface area is 237 Å². The molecule has 2 aromatic carbocycles. The molecule has 0 amide bonds. The van der Waals surface area contributed by atoms with Gasteiger partial charge in [-0.2, -0.15) is 26.3 Å². The lowest BCUT2D eigenvalue weighted by Crippen LogP contribution is -2.59. The second kappa shape index (κ2) is 12.8. The van der Waals surface area contributed by atoms with Crippen LogP contribution in [0.3, 0.4) is 0 Å². The van der Waals surface area contributed by atoms with Gasteiger partial charge in [-0.3, -0.25) is 0 Å². The lowest BCUT2D eigenvalue weighted by Gasteiger charge is -2.42. The minimum atomic E-state index is -4.89. The van der Waals surface area contributed by atoms with E-state index in [1.54, 1.807) is 13.8 Å². The molecule has 0 unspecified atom stereocenters. The van der Waals surface area contributed by atoms with Crippen LogP contribution in [-0.2, 0) is 30.0 Å². The molecule has 3 aromatic rings. The number of hydrogen-bond acceptors (Lipinski definition) is 8. The van der Waals surface area contributed by atoms with Crippen molar-refractivity contribution in [3.63, 3.8) is 0 Å². The fourth-order valence-corrected chi connectivity index (χ4v) is 4.49. The van der Waals surface area contributed by atoms with Crippen molar-refractivity contribution in [1.82, 2.24) is 14.8 Å². The number of alkyl halides is 6. The summed E-state index contributed by atoms with van der Waals surface area (Å²) in [5.74, 6) is 0.144. The van der Waals surface area contributed by atoms with Crippen LogP contribution in [0.2, 0.25) is 0 Å². The number of oxime groups is 1. The number of halogens is 6. The third-order valence-corrected chi connectivity index (χ3v) is 6.51. The van der Waals surface area contributed by atoms with Crippen molar-refractivity contribution in [1.29, 1.82) is 0 Å². The van der Waals surface area contributed by atoms with Crippen molar-refractivity contribution >= 4 is 5.71 Å². The third kappa shape index (κ3) is 6.91. The molecule has 2 heterocycles. The molecule has 9 nitrogen and oxygen atoms in total. The van der Waals surface area contributed by atoms with E-state index in [4.69, 9.17) is 23.8 Å². The second-order valence-corrected chi connectivity index (χ2v) is 9.21. The largest absolute Gasteiger partial charge is 0.437 e. The van der Waals surface area contributed by atoms with Crippen molar-refractivity contribution in [3.8, 4) is 17.1 Å². The van der Waals surface area contributed by atoms with Crippen LogP contribution in [-0.4, -0.2) is 78.2 Å². The monoisotopic (exact) mass is 602 g/mol. The number of rotatable bonds is 9. The zero-order valence-corrected chi connectivity index (χ0v) is 22.9. The van der Waals surface area contributed by atoms with Crippen molar-refractivity contribution in [3.05, 3.63) is 66.0 Å². The molecule has 4 rings (SSSR count). The Morgan fingerprint density at radius 1 is 0.929 bits per heavy atom. The van der Waals surface area contributed by atoms with Crippen molar-refractivity contribution < 1.29 is 50.1 Å². The van der Waals surface area contributed by atoms with E-state index in [0.717, 1.165) is 12.1 Å². The highest BCUT2D eigenvalue weighted by Gasteiger charge is 2.48. The third-order valence-electron chi connectivity index (χ3n) is 6.51. The van der Waals surface area contributed by atoms with Gasteiger partial charge in [0.05, 0.1) is 17.4 Å². The Balaban J connectivity index is 1.54. The minimum absolute atomic E-state index is 0.144. The molecule has 1 aliphatic heterocycles. The first-order valence-corrected chi connectivity index (χ1v) is 12.7. The lowest BCUT2D eigenvalue weighted by atomic mass is 9.99. The maximum absolute atomic E-state index is 14.0. The normalized spacial score (nSPS) is 23.7. The molecule has 1 aliphatic rings. The number of benzene rings is 2. The molecule has 0 radical (unpaired) electrons. The molecular formula is C27H28F6N4O5. The topological polar surface area (TPSA) is 89.2 Å². The number of hydrogen-bond donors (Lipinski definition) is 0. The average Bonchev–Trinajstić information content (AvgIpc) is 3.43. The van der Waals surface area contributed by atoms with Gasteiger partial charge < -0.3 is 23.8 Å². The standard InChI is InChI=1S/C27H28F6N4O5/c1-5-40-21-20(38-3)15(2)41-25(22(21)39-4)42-36-23(27(31,32)33)16-6-8-17(9-7-16)24-34-14-37(35-24)19-12-10-18(11-13-19)26(28,29)30/h6-15,20-22,25H,5H2,1-4H3/b36-23-/t15-,20-,21+,22+,25-/m0/s1. The number of ether oxygens (including phenoxy) is 4. The van der Waals surface area contributed by atoms with Crippen LogP contribution in [0.4, 0.5) is 26.3 Å². The van der Waals surface area contributed by atoms with Crippen molar-refractivity contribution in [2.75, 3.05) is 20.8 Å². The molecule has 0 aliphatic carbocycles. The SMILES string of the molecule is CCO[C@@H]1[C@@H](OC)[C@H](C)O[C@@H](O/N=C(/c2ccc(-c3ncn(-c4ccc(C(F)(F)F)cc4)n3)cc2)C(F)(F)F)[C@@H]1OC. The summed E-state index contributed by atoms with van der Waals surface area (Å²) in [5, 5.41) is 7.63. The van der Waals surface area contributed by atoms with Gasteiger partial charge in [-0.25, -0.2) is 9.67 Å². The molecule has 0 spiro atoms. The van der Waals surface area contributed by atoms with Crippen LogP contribution in [0.25, 0.3) is 17.1 Å². The van der Waals surface area contributed by atoms with Crippen molar-refractivity contribution in [2.24, 2.45) is 5.16 Å². The van der Waals surface area contributed by atoms with E-state index in [0.29, 0.717) is 17.9 Å². The maximum atomic E-state index is 14.0. The number of aromatic nitrogens is 3. The summed E-state index contributed by atoms with van der Waals surface area (Å²) in [4.78, 5) is 9.37. The van der Waals surface area contributed by atoms with E-state index < -0.39 is 54.3 Å². The minimum Gasteiger partial charge on any atom is -0.376 e. The predicted molar refractivity (Wildman–Crippen MR) is 137 cm³/mol. The Hall–Kier alpha value is -3.53. The molecular weight excluding hydrogens is 574 g/mol. The van der Waals surface area contributed by atoms with E-state index in [9.17, 15) is 26.3 Å². The van der Waals surface area contributed by atoms with Gasteiger partial charge in [-0.1, -0.05) is 29.4 Å². The van der Waals surface area contributed by atoms with E-state index in [-0.39, 0.29) is 11.4 Å². The predicted octanol–water partition coefficient (Wildman–Crippen LogP) is 5.42. The van der Waals surface area contributed by atoms with Gasteiger partial charge in [0.15, 0.2) is 17.6 Å². The second-order valence-electron chi connectivity index (χ2n) is 9.21. The van der Waals surface area contributed by atoms with Gasteiger partial charge in [-0.05, 0) is 38.1 Å². The molecule has 1 aromatic heterocycles. The first-order valence-electron chi connectivity index (χ1n) is 12.7. The molecule has 0 N–H and O–H groups in total. The quantitative estimate of drug-likeness (QED) is 0.184. The summed E-state index contributed by atoms with van der Waals surface area (Å²) in [6.07, 6.45) is -12.2. The zero-order chi connectivity index (χ0) is 30.7. The van der Waals surface area contributed by atoms with Gasteiger partial charge >= 0.3 is 12.4 Å². The van der Waals surface area contributed by atoms with E-state index in [2.05, 4.69) is 15.2 Å². The van der Waals surface area contributed by atoms with E-state index in [1.807, 2.05) is 0 Å². The summed E-state index contributed by atoms with van der Waals surface area (Å²) in [5.41, 5.74) is -1.75. The highest BCUT2D eigenvalue weighted by atomic mass is 19.4. The Morgan fingerprint density at radius 2 is 1.57 bits per heavy atom. The van der Waals surface area contributed by atoms with Gasteiger partial charge in [0.25, 0.3) is 6.29 Å².